The Hall–Kier alpha value is -1.31. The minimum Gasteiger partial charge on any atom is -0.481 e. The molecule has 0 amide bonds. The summed E-state index contributed by atoms with van der Waals surface area (Å²) >= 11 is 0. The molecule has 0 bridgehead atoms. The van der Waals surface area contributed by atoms with Crippen LogP contribution in [0.15, 0.2) is 36.5 Å². The summed E-state index contributed by atoms with van der Waals surface area (Å²) in [6.07, 6.45) is 38.1. The number of carboxylic acid groups (broad SMARTS) is 1. The Balaban J connectivity index is 3.19. The topological polar surface area (TPSA) is 37.3 Å². The molecule has 0 atom stereocenters. The predicted octanol–water partition coefficient (Wildman–Crippen LogP) is 9.56. The van der Waals surface area contributed by atoms with Gasteiger partial charge in [0.15, 0.2) is 0 Å². The maximum absolute atomic E-state index is 10.4. The van der Waals surface area contributed by atoms with Gasteiger partial charge < -0.3 is 5.11 Å². The molecule has 0 aliphatic rings. The third kappa shape index (κ3) is 26.7. The monoisotopic (exact) mass is 418 g/mol. The van der Waals surface area contributed by atoms with Gasteiger partial charge in [-0.15, -0.1) is 0 Å². The van der Waals surface area contributed by atoms with Crippen LogP contribution in [0.3, 0.4) is 0 Å². The number of carboxylic acids is 1. The quantitative estimate of drug-likeness (QED) is 0.132. The van der Waals surface area contributed by atoms with Crippen LogP contribution in [-0.2, 0) is 4.79 Å². The number of carbonyl (C=O) groups is 1. The fourth-order valence-corrected chi connectivity index (χ4v) is 3.60. The summed E-state index contributed by atoms with van der Waals surface area (Å²) in [7, 11) is 0. The van der Waals surface area contributed by atoms with E-state index in [1.54, 1.807) is 0 Å². The molecular formula is C28H50O2. The van der Waals surface area contributed by atoms with E-state index in [0.29, 0.717) is 6.42 Å². The van der Waals surface area contributed by atoms with Crippen LogP contribution in [0.5, 0.6) is 0 Å². The van der Waals surface area contributed by atoms with Crippen molar-refractivity contribution in [3.63, 3.8) is 0 Å². The molecular weight excluding hydrogens is 368 g/mol. The Kier molecular flexibility index (Phi) is 24.6. The van der Waals surface area contributed by atoms with Crippen molar-refractivity contribution in [1.29, 1.82) is 0 Å². The molecule has 2 heteroatoms. The molecule has 0 spiro atoms. The molecule has 0 rings (SSSR count). The number of hydrogen-bond acceptors (Lipinski definition) is 1. The molecule has 0 heterocycles. The van der Waals surface area contributed by atoms with Crippen LogP contribution in [-0.4, -0.2) is 11.1 Å². The Labute approximate surface area is 187 Å². The summed E-state index contributed by atoms with van der Waals surface area (Å²) in [6.45, 7) is 2.25. The van der Waals surface area contributed by atoms with E-state index in [-0.39, 0.29) is 0 Å². The largest absolute Gasteiger partial charge is 0.481 e. The first-order valence-corrected chi connectivity index (χ1v) is 12.9. The van der Waals surface area contributed by atoms with Crippen molar-refractivity contribution >= 4 is 5.97 Å². The molecule has 0 aromatic heterocycles. The van der Waals surface area contributed by atoms with Gasteiger partial charge in [0.1, 0.15) is 0 Å². The molecule has 30 heavy (non-hydrogen) atoms. The standard InChI is InChI=1S/C28H50O2/c1-2-3-4-5-6-7-8-9-10-11-12-13-14-15-16-17-18-19-20-21-22-23-24-25-26-27-28(29)30/h6-7,9-10,12-13H,2-5,8,11,14-27H2,1H3,(H,29,30). The van der Waals surface area contributed by atoms with Gasteiger partial charge in [0.2, 0.25) is 0 Å². The lowest BCUT2D eigenvalue weighted by atomic mass is 10.0. The van der Waals surface area contributed by atoms with E-state index in [1.807, 2.05) is 0 Å². The summed E-state index contributed by atoms with van der Waals surface area (Å²) in [5.41, 5.74) is 0. The summed E-state index contributed by atoms with van der Waals surface area (Å²) < 4.78 is 0. The molecule has 1 N–H and O–H groups in total. The highest BCUT2D eigenvalue weighted by Crippen LogP contribution is 2.13. The third-order valence-electron chi connectivity index (χ3n) is 5.53. The number of aliphatic carboxylic acids is 1. The van der Waals surface area contributed by atoms with Gasteiger partial charge >= 0.3 is 5.97 Å². The zero-order chi connectivity index (χ0) is 22.0. The number of hydrogen-bond donors (Lipinski definition) is 1. The highest BCUT2D eigenvalue weighted by atomic mass is 16.4. The highest BCUT2D eigenvalue weighted by Gasteiger charge is 1.97. The van der Waals surface area contributed by atoms with Crippen LogP contribution in [0, 0.1) is 0 Å². The van der Waals surface area contributed by atoms with Crippen LogP contribution in [0.25, 0.3) is 0 Å². The lowest BCUT2D eigenvalue weighted by Gasteiger charge is -2.02. The molecule has 0 unspecified atom stereocenters. The summed E-state index contributed by atoms with van der Waals surface area (Å²) in [5.74, 6) is -0.657. The van der Waals surface area contributed by atoms with E-state index in [1.165, 1.54) is 96.3 Å². The zero-order valence-corrected chi connectivity index (χ0v) is 20.0. The van der Waals surface area contributed by atoms with Crippen LogP contribution < -0.4 is 0 Å². The van der Waals surface area contributed by atoms with Gasteiger partial charge in [0, 0.05) is 6.42 Å². The van der Waals surface area contributed by atoms with Gasteiger partial charge in [0.25, 0.3) is 0 Å². The Morgan fingerprint density at radius 1 is 0.533 bits per heavy atom. The van der Waals surface area contributed by atoms with Gasteiger partial charge in [0.05, 0.1) is 0 Å². The predicted molar refractivity (Wildman–Crippen MR) is 133 cm³/mol. The second-order valence-corrected chi connectivity index (χ2v) is 8.56. The van der Waals surface area contributed by atoms with Gasteiger partial charge in [-0.2, -0.15) is 0 Å². The van der Waals surface area contributed by atoms with E-state index < -0.39 is 5.97 Å². The molecule has 174 valence electrons. The summed E-state index contributed by atoms with van der Waals surface area (Å²) in [5, 5.41) is 8.59. The zero-order valence-electron chi connectivity index (χ0n) is 20.0. The van der Waals surface area contributed by atoms with Crippen molar-refractivity contribution in [1.82, 2.24) is 0 Å². The van der Waals surface area contributed by atoms with Crippen LogP contribution in [0.2, 0.25) is 0 Å². The highest BCUT2D eigenvalue weighted by molar-refractivity contribution is 5.66. The fourth-order valence-electron chi connectivity index (χ4n) is 3.60. The van der Waals surface area contributed by atoms with Gasteiger partial charge in [-0.05, 0) is 44.9 Å². The van der Waals surface area contributed by atoms with Gasteiger partial charge in [-0.25, -0.2) is 0 Å². The average Bonchev–Trinajstić information content (AvgIpc) is 2.73. The maximum Gasteiger partial charge on any atom is 0.303 e. The first-order chi connectivity index (χ1) is 14.8. The molecule has 2 nitrogen and oxygen atoms in total. The van der Waals surface area contributed by atoms with Crippen molar-refractivity contribution < 1.29 is 9.90 Å². The van der Waals surface area contributed by atoms with Crippen molar-refractivity contribution in [2.24, 2.45) is 0 Å². The average molecular weight is 419 g/mol. The number of allylic oxidation sites excluding steroid dienone is 6. The molecule has 0 radical (unpaired) electrons. The van der Waals surface area contributed by atoms with Crippen LogP contribution >= 0.6 is 0 Å². The van der Waals surface area contributed by atoms with E-state index in [4.69, 9.17) is 5.11 Å². The van der Waals surface area contributed by atoms with E-state index in [9.17, 15) is 4.79 Å². The third-order valence-corrected chi connectivity index (χ3v) is 5.53. The van der Waals surface area contributed by atoms with E-state index >= 15 is 0 Å². The second kappa shape index (κ2) is 25.7. The van der Waals surface area contributed by atoms with Crippen LogP contribution in [0.4, 0.5) is 0 Å². The second-order valence-electron chi connectivity index (χ2n) is 8.56. The van der Waals surface area contributed by atoms with Gasteiger partial charge in [-0.1, -0.05) is 120 Å². The minimum absolute atomic E-state index is 0.337. The first kappa shape index (κ1) is 28.7. The number of unbranched alkanes of at least 4 members (excludes halogenated alkanes) is 15. The summed E-state index contributed by atoms with van der Waals surface area (Å²) in [4.78, 5) is 10.4. The maximum atomic E-state index is 10.4. The minimum atomic E-state index is -0.657. The molecule has 0 saturated carbocycles. The smallest absolute Gasteiger partial charge is 0.303 e. The molecule has 0 aliphatic heterocycles. The lowest BCUT2D eigenvalue weighted by Crippen LogP contribution is -1.93. The van der Waals surface area contributed by atoms with Crippen molar-refractivity contribution in [3.8, 4) is 0 Å². The van der Waals surface area contributed by atoms with Crippen molar-refractivity contribution in [2.45, 2.75) is 135 Å². The van der Waals surface area contributed by atoms with Crippen molar-refractivity contribution in [2.75, 3.05) is 0 Å². The molecule has 0 aromatic rings. The molecule has 0 aliphatic carbocycles. The first-order valence-electron chi connectivity index (χ1n) is 12.9. The molecule has 0 fully saturated rings. The van der Waals surface area contributed by atoms with Gasteiger partial charge in [-0.3, -0.25) is 4.79 Å². The normalized spacial score (nSPS) is 12.0. The van der Waals surface area contributed by atoms with E-state index in [0.717, 1.165) is 25.7 Å². The van der Waals surface area contributed by atoms with Crippen LogP contribution in [0.1, 0.15) is 135 Å². The molecule has 0 saturated heterocycles. The summed E-state index contributed by atoms with van der Waals surface area (Å²) in [6, 6.07) is 0. The Morgan fingerprint density at radius 3 is 1.33 bits per heavy atom. The van der Waals surface area contributed by atoms with Crippen molar-refractivity contribution in [3.05, 3.63) is 36.5 Å². The SMILES string of the molecule is CCCCCC=CCC=CCC=CCCCCCCCCCCCCCCC(=O)O. The number of rotatable bonds is 23. The Morgan fingerprint density at radius 2 is 0.900 bits per heavy atom. The Bertz CT molecular complexity index is 434. The lowest BCUT2D eigenvalue weighted by molar-refractivity contribution is -0.137. The fraction of sp³-hybridized carbons (Fsp3) is 0.750. The van der Waals surface area contributed by atoms with E-state index in [2.05, 4.69) is 43.4 Å². The molecule has 0 aromatic carbocycles.